The van der Waals surface area contributed by atoms with Gasteiger partial charge in [0.2, 0.25) is 0 Å². The first-order valence-electron chi connectivity index (χ1n) is 8.89. The van der Waals surface area contributed by atoms with Gasteiger partial charge in [0.1, 0.15) is 0 Å². The molecule has 1 aromatic carbocycles. The number of ether oxygens (including phenoxy) is 2. The Morgan fingerprint density at radius 1 is 1.04 bits per heavy atom. The second-order valence-electron chi connectivity index (χ2n) is 5.83. The number of rotatable bonds is 13. The van der Waals surface area contributed by atoms with E-state index in [2.05, 4.69) is 6.92 Å². The normalized spacial score (nSPS) is 10.6. The van der Waals surface area contributed by atoms with Gasteiger partial charge in [0.05, 0.1) is 18.8 Å². The van der Waals surface area contributed by atoms with Crippen LogP contribution in [-0.2, 0) is 4.74 Å². The molecule has 0 aliphatic heterocycles. The number of hydrogen-bond acceptors (Lipinski definition) is 4. The molecule has 0 aliphatic carbocycles. The number of unbranched alkanes of at least 4 members (excludes halogenated alkanes) is 6. The summed E-state index contributed by atoms with van der Waals surface area (Å²) in [7, 11) is 0. The number of halogens is 1. The molecule has 0 aliphatic rings. The first kappa shape index (κ1) is 20.4. The SMILES string of the molecule is CCCCCCOc1ccc(C(=O)OCCCCCCO)cc1F. The third kappa shape index (κ3) is 8.29. The van der Waals surface area contributed by atoms with Gasteiger partial charge in [-0.25, -0.2) is 9.18 Å². The molecule has 0 atom stereocenters. The fraction of sp³-hybridized carbons (Fsp3) is 0.632. The molecule has 136 valence electrons. The van der Waals surface area contributed by atoms with E-state index in [1.807, 2.05) is 0 Å². The second kappa shape index (κ2) is 12.8. The molecular formula is C19H29FO4. The van der Waals surface area contributed by atoms with Crippen LogP contribution in [0.1, 0.15) is 68.6 Å². The lowest BCUT2D eigenvalue weighted by Crippen LogP contribution is -2.07. The average molecular weight is 340 g/mol. The molecule has 0 saturated carbocycles. The Morgan fingerprint density at radius 3 is 2.46 bits per heavy atom. The van der Waals surface area contributed by atoms with E-state index in [1.165, 1.54) is 12.1 Å². The number of carbonyl (C=O) groups is 1. The van der Waals surface area contributed by atoms with Crippen molar-refractivity contribution in [1.82, 2.24) is 0 Å². The Balaban J connectivity index is 2.33. The van der Waals surface area contributed by atoms with Crippen molar-refractivity contribution in [2.75, 3.05) is 19.8 Å². The van der Waals surface area contributed by atoms with Crippen LogP contribution in [0.2, 0.25) is 0 Å². The molecule has 0 aromatic heterocycles. The molecule has 1 N–H and O–H groups in total. The number of aliphatic hydroxyl groups excluding tert-OH is 1. The van der Waals surface area contributed by atoms with E-state index in [-0.39, 0.29) is 17.9 Å². The van der Waals surface area contributed by atoms with Crippen LogP contribution in [0.5, 0.6) is 5.75 Å². The van der Waals surface area contributed by atoms with E-state index < -0.39 is 11.8 Å². The largest absolute Gasteiger partial charge is 0.491 e. The van der Waals surface area contributed by atoms with Gasteiger partial charge in [-0.15, -0.1) is 0 Å². The highest BCUT2D eigenvalue weighted by Crippen LogP contribution is 2.19. The minimum absolute atomic E-state index is 0.173. The van der Waals surface area contributed by atoms with E-state index in [0.717, 1.165) is 57.4 Å². The Morgan fingerprint density at radius 2 is 1.75 bits per heavy atom. The van der Waals surface area contributed by atoms with Crippen molar-refractivity contribution >= 4 is 5.97 Å². The molecule has 4 nitrogen and oxygen atoms in total. The Kier molecular flexibility index (Phi) is 10.9. The quantitative estimate of drug-likeness (QED) is 0.424. The van der Waals surface area contributed by atoms with Crippen LogP contribution in [0, 0.1) is 5.82 Å². The highest BCUT2D eigenvalue weighted by molar-refractivity contribution is 5.89. The molecule has 0 radical (unpaired) electrons. The third-order valence-corrected chi connectivity index (χ3v) is 3.71. The topological polar surface area (TPSA) is 55.8 Å². The minimum atomic E-state index is -0.539. The monoisotopic (exact) mass is 340 g/mol. The molecule has 0 heterocycles. The summed E-state index contributed by atoms with van der Waals surface area (Å²) in [6.45, 7) is 3.11. The molecule has 0 spiro atoms. The van der Waals surface area contributed by atoms with Gasteiger partial charge < -0.3 is 14.6 Å². The van der Waals surface area contributed by atoms with E-state index in [0.29, 0.717) is 13.2 Å². The highest BCUT2D eigenvalue weighted by Gasteiger charge is 2.11. The maximum atomic E-state index is 14.0. The van der Waals surface area contributed by atoms with E-state index in [9.17, 15) is 9.18 Å². The lowest BCUT2D eigenvalue weighted by atomic mass is 10.2. The standard InChI is InChI=1S/C19H29FO4/c1-2-3-4-8-13-23-18-11-10-16(15-17(18)20)19(22)24-14-9-6-5-7-12-21/h10-11,15,21H,2-9,12-14H2,1H3. The number of benzene rings is 1. The average Bonchev–Trinajstić information content (AvgIpc) is 2.58. The summed E-state index contributed by atoms with van der Waals surface area (Å²) in [6.07, 6.45) is 7.57. The van der Waals surface area contributed by atoms with Gasteiger partial charge >= 0.3 is 5.97 Å². The second-order valence-corrected chi connectivity index (χ2v) is 5.83. The van der Waals surface area contributed by atoms with E-state index in [1.54, 1.807) is 0 Å². The molecule has 0 fully saturated rings. The van der Waals surface area contributed by atoms with E-state index in [4.69, 9.17) is 14.6 Å². The number of aliphatic hydroxyl groups is 1. The molecule has 0 amide bonds. The van der Waals surface area contributed by atoms with Gasteiger partial charge in [-0.3, -0.25) is 0 Å². The fourth-order valence-corrected chi connectivity index (χ4v) is 2.27. The van der Waals surface area contributed by atoms with Crippen LogP contribution in [0.15, 0.2) is 18.2 Å². The first-order chi connectivity index (χ1) is 11.7. The summed E-state index contributed by atoms with van der Waals surface area (Å²) in [4.78, 5) is 11.9. The predicted octanol–water partition coefficient (Wildman–Crippen LogP) is 4.49. The fourth-order valence-electron chi connectivity index (χ4n) is 2.27. The molecule has 0 unspecified atom stereocenters. The zero-order chi connectivity index (χ0) is 17.6. The van der Waals surface area contributed by atoms with Crippen molar-refractivity contribution in [1.29, 1.82) is 0 Å². The first-order valence-corrected chi connectivity index (χ1v) is 8.89. The lowest BCUT2D eigenvalue weighted by molar-refractivity contribution is 0.0496. The lowest BCUT2D eigenvalue weighted by Gasteiger charge is -2.09. The van der Waals surface area contributed by atoms with Crippen LogP contribution in [0.4, 0.5) is 4.39 Å². The van der Waals surface area contributed by atoms with Gasteiger partial charge in [0.15, 0.2) is 11.6 Å². The van der Waals surface area contributed by atoms with Crippen molar-refractivity contribution in [2.45, 2.75) is 58.3 Å². The number of carbonyl (C=O) groups excluding carboxylic acids is 1. The van der Waals surface area contributed by atoms with Crippen LogP contribution < -0.4 is 4.74 Å². The summed E-state index contributed by atoms with van der Waals surface area (Å²) in [5.41, 5.74) is 0.196. The minimum Gasteiger partial charge on any atom is -0.491 e. The predicted molar refractivity (Wildman–Crippen MR) is 91.9 cm³/mol. The highest BCUT2D eigenvalue weighted by atomic mass is 19.1. The van der Waals surface area contributed by atoms with Crippen molar-refractivity contribution in [2.24, 2.45) is 0 Å². The smallest absolute Gasteiger partial charge is 0.338 e. The number of esters is 1. The molecule has 1 rings (SSSR count). The van der Waals surface area contributed by atoms with Crippen molar-refractivity contribution in [3.05, 3.63) is 29.6 Å². The Labute approximate surface area is 144 Å². The van der Waals surface area contributed by atoms with Crippen LogP contribution >= 0.6 is 0 Å². The Hall–Kier alpha value is -1.62. The number of hydrogen-bond donors (Lipinski definition) is 1. The Bertz CT molecular complexity index is 476. The molecule has 0 bridgehead atoms. The third-order valence-electron chi connectivity index (χ3n) is 3.71. The van der Waals surface area contributed by atoms with Gasteiger partial charge in [-0.05, 0) is 43.9 Å². The van der Waals surface area contributed by atoms with Crippen LogP contribution in [0.25, 0.3) is 0 Å². The van der Waals surface area contributed by atoms with Crippen molar-refractivity contribution < 1.29 is 23.8 Å². The van der Waals surface area contributed by atoms with E-state index >= 15 is 0 Å². The zero-order valence-corrected chi connectivity index (χ0v) is 14.6. The summed E-state index contributed by atoms with van der Waals surface area (Å²) >= 11 is 0. The molecular weight excluding hydrogens is 311 g/mol. The van der Waals surface area contributed by atoms with Gasteiger partial charge in [-0.2, -0.15) is 0 Å². The summed E-state index contributed by atoms with van der Waals surface area (Å²) in [5, 5.41) is 8.67. The molecule has 5 heteroatoms. The summed E-state index contributed by atoms with van der Waals surface area (Å²) in [5.74, 6) is -0.888. The maximum absolute atomic E-state index is 14.0. The van der Waals surface area contributed by atoms with Crippen LogP contribution in [-0.4, -0.2) is 30.9 Å². The molecule has 1 aromatic rings. The van der Waals surface area contributed by atoms with Gasteiger partial charge in [0.25, 0.3) is 0 Å². The van der Waals surface area contributed by atoms with Crippen LogP contribution in [0.3, 0.4) is 0 Å². The molecule has 0 saturated heterocycles. The zero-order valence-electron chi connectivity index (χ0n) is 14.6. The summed E-state index contributed by atoms with van der Waals surface area (Å²) < 4.78 is 24.5. The summed E-state index contributed by atoms with van der Waals surface area (Å²) in [6, 6.07) is 4.17. The van der Waals surface area contributed by atoms with Crippen molar-refractivity contribution in [3.63, 3.8) is 0 Å². The maximum Gasteiger partial charge on any atom is 0.338 e. The van der Waals surface area contributed by atoms with Gasteiger partial charge in [-0.1, -0.05) is 32.6 Å². The molecule has 24 heavy (non-hydrogen) atoms. The van der Waals surface area contributed by atoms with Gasteiger partial charge in [0, 0.05) is 6.61 Å². The van der Waals surface area contributed by atoms with Crippen molar-refractivity contribution in [3.8, 4) is 5.75 Å².